The van der Waals surface area contributed by atoms with E-state index in [2.05, 4.69) is 27.1 Å². The first-order valence-corrected chi connectivity index (χ1v) is 6.17. The van der Waals surface area contributed by atoms with Gasteiger partial charge in [0.15, 0.2) is 5.82 Å². The summed E-state index contributed by atoms with van der Waals surface area (Å²) in [5.74, 6) is 4.37. The van der Waals surface area contributed by atoms with Gasteiger partial charge in [0.1, 0.15) is 0 Å². The maximum Gasteiger partial charge on any atom is 0.257 e. The van der Waals surface area contributed by atoms with Gasteiger partial charge in [0.2, 0.25) is 0 Å². The molecule has 0 aliphatic rings. The van der Waals surface area contributed by atoms with Crippen LogP contribution in [0.2, 0.25) is 0 Å². The number of pyridine rings is 2. The normalized spacial score (nSPS) is 9.62. The van der Waals surface area contributed by atoms with Gasteiger partial charge < -0.3 is 10.4 Å². The van der Waals surface area contributed by atoms with Crippen molar-refractivity contribution in [3.63, 3.8) is 0 Å². The number of aromatic nitrogens is 2. The highest BCUT2D eigenvalue weighted by atomic mass is 19.1. The number of carbonyl (C=O) groups excluding carboxylic acids is 1. The first kappa shape index (κ1) is 14.6. The lowest BCUT2D eigenvalue weighted by atomic mass is 10.1. The average Bonchev–Trinajstić information content (AvgIpc) is 2.50. The van der Waals surface area contributed by atoms with Crippen molar-refractivity contribution < 1.29 is 14.3 Å². The molecule has 0 bridgehead atoms. The smallest absolute Gasteiger partial charge is 0.257 e. The minimum Gasteiger partial charge on any atom is -0.395 e. The third kappa shape index (κ3) is 3.84. The van der Waals surface area contributed by atoms with E-state index < -0.39 is 11.7 Å². The number of amides is 1. The number of halogens is 1. The minimum absolute atomic E-state index is 0.0427. The summed E-state index contributed by atoms with van der Waals surface area (Å²) in [5.41, 5.74) is 0.741. The van der Waals surface area contributed by atoms with Crippen LogP contribution in [0.25, 0.3) is 0 Å². The van der Waals surface area contributed by atoms with Gasteiger partial charge in [0.05, 0.1) is 29.6 Å². The van der Waals surface area contributed by atoms with Gasteiger partial charge >= 0.3 is 0 Å². The SMILES string of the molecule is O=C(Nc1ccncc1F)c1ccncc1C#CCCO. The Morgan fingerprint density at radius 1 is 1.29 bits per heavy atom. The van der Waals surface area contributed by atoms with E-state index in [0.717, 1.165) is 6.20 Å². The van der Waals surface area contributed by atoms with E-state index in [0.29, 0.717) is 12.0 Å². The Balaban J connectivity index is 2.24. The molecule has 2 N–H and O–H groups in total. The number of nitrogens with zero attached hydrogens (tertiary/aromatic N) is 2. The number of carbonyl (C=O) groups is 1. The molecule has 0 spiro atoms. The summed E-state index contributed by atoms with van der Waals surface area (Å²) in [6, 6.07) is 2.86. The summed E-state index contributed by atoms with van der Waals surface area (Å²) in [4.78, 5) is 19.7. The molecule has 0 aromatic carbocycles. The maximum absolute atomic E-state index is 13.5. The molecule has 0 atom stereocenters. The molecule has 0 saturated carbocycles. The monoisotopic (exact) mass is 285 g/mol. The number of rotatable bonds is 3. The van der Waals surface area contributed by atoms with Crippen molar-refractivity contribution in [3.8, 4) is 11.8 Å². The molecule has 21 heavy (non-hydrogen) atoms. The molecule has 5 nitrogen and oxygen atoms in total. The average molecular weight is 285 g/mol. The Bertz CT molecular complexity index is 707. The number of nitrogens with one attached hydrogen (secondary N) is 1. The third-order valence-corrected chi connectivity index (χ3v) is 2.55. The Kier molecular flexibility index (Phi) is 4.96. The van der Waals surface area contributed by atoms with Crippen LogP contribution in [0, 0.1) is 17.7 Å². The minimum atomic E-state index is -0.618. The van der Waals surface area contributed by atoms with Gasteiger partial charge in [-0.25, -0.2) is 4.39 Å². The lowest BCUT2D eigenvalue weighted by molar-refractivity contribution is 0.102. The van der Waals surface area contributed by atoms with Gasteiger partial charge in [-0.1, -0.05) is 11.8 Å². The van der Waals surface area contributed by atoms with Crippen molar-refractivity contribution in [2.24, 2.45) is 0 Å². The Hall–Kier alpha value is -2.78. The van der Waals surface area contributed by atoms with Gasteiger partial charge in [-0.15, -0.1) is 0 Å². The molecule has 0 unspecified atom stereocenters. The fourth-order valence-corrected chi connectivity index (χ4v) is 1.57. The van der Waals surface area contributed by atoms with Gasteiger partial charge in [-0.2, -0.15) is 0 Å². The zero-order valence-corrected chi connectivity index (χ0v) is 11.0. The highest BCUT2D eigenvalue weighted by molar-refractivity contribution is 6.05. The zero-order chi connectivity index (χ0) is 15.1. The van der Waals surface area contributed by atoms with Crippen LogP contribution < -0.4 is 5.32 Å². The van der Waals surface area contributed by atoms with Crippen LogP contribution in [0.4, 0.5) is 10.1 Å². The summed E-state index contributed by atoms with van der Waals surface area (Å²) in [5, 5.41) is 11.2. The Labute approximate surface area is 120 Å². The number of hydrogen-bond donors (Lipinski definition) is 2. The summed E-state index contributed by atoms with van der Waals surface area (Å²) in [6.07, 6.45) is 5.60. The summed E-state index contributed by atoms with van der Waals surface area (Å²) >= 11 is 0. The van der Waals surface area contributed by atoms with Gasteiger partial charge in [0, 0.05) is 25.0 Å². The topological polar surface area (TPSA) is 75.1 Å². The van der Waals surface area contributed by atoms with Crippen LogP contribution in [-0.2, 0) is 0 Å². The van der Waals surface area contributed by atoms with E-state index >= 15 is 0 Å². The van der Waals surface area contributed by atoms with Gasteiger partial charge in [0.25, 0.3) is 5.91 Å². The fraction of sp³-hybridized carbons (Fsp3) is 0.133. The molecule has 2 aromatic rings. The van der Waals surface area contributed by atoms with Crippen molar-refractivity contribution in [1.82, 2.24) is 9.97 Å². The Morgan fingerprint density at radius 3 is 2.81 bits per heavy atom. The standard InChI is InChI=1S/C15H12FN3O2/c16-13-10-18-7-5-14(13)19-15(21)12-4-6-17-9-11(12)3-1-2-8-20/h4-7,9-10,20H,2,8H2,(H,18,19,21). The lowest BCUT2D eigenvalue weighted by Crippen LogP contribution is -2.14. The predicted octanol–water partition coefficient (Wildman–Crippen LogP) is 1.60. The van der Waals surface area contributed by atoms with Crippen molar-refractivity contribution in [1.29, 1.82) is 0 Å². The lowest BCUT2D eigenvalue weighted by Gasteiger charge is -2.07. The number of anilines is 1. The molecule has 0 radical (unpaired) electrons. The van der Waals surface area contributed by atoms with E-state index in [9.17, 15) is 9.18 Å². The van der Waals surface area contributed by atoms with E-state index in [4.69, 9.17) is 5.11 Å². The molecule has 106 valence electrons. The summed E-state index contributed by atoms with van der Waals surface area (Å²) in [6.45, 7) is -0.0585. The van der Waals surface area contributed by atoms with Crippen LogP contribution in [0.5, 0.6) is 0 Å². The summed E-state index contributed by atoms with van der Waals surface area (Å²) in [7, 11) is 0. The Morgan fingerprint density at radius 2 is 2.05 bits per heavy atom. The molecule has 0 fully saturated rings. The van der Waals surface area contributed by atoms with Crippen LogP contribution in [0.15, 0.2) is 36.9 Å². The van der Waals surface area contributed by atoms with Crippen molar-refractivity contribution >= 4 is 11.6 Å². The molecule has 1 amide bonds. The van der Waals surface area contributed by atoms with Gasteiger partial charge in [-0.05, 0) is 12.1 Å². The van der Waals surface area contributed by atoms with Crippen LogP contribution in [0.3, 0.4) is 0 Å². The highest BCUT2D eigenvalue weighted by Gasteiger charge is 2.12. The predicted molar refractivity (Wildman–Crippen MR) is 75.0 cm³/mol. The largest absolute Gasteiger partial charge is 0.395 e. The molecule has 0 aliphatic heterocycles. The molecule has 2 rings (SSSR count). The molecule has 2 aromatic heterocycles. The maximum atomic E-state index is 13.5. The van der Waals surface area contributed by atoms with E-state index in [1.807, 2.05) is 0 Å². The van der Waals surface area contributed by atoms with Crippen LogP contribution >= 0.6 is 0 Å². The summed E-state index contributed by atoms with van der Waals surface area (Å²) < 4.78 is 13.5. The molecule has 2 heterocycles. The second kappa shape index (κ2) is 7.12. The van der Waals surface area contributed by atoms with Crippen molar-refractivity contribution in [2.75, 3.05) is 11.9 Å². The van der Waals surface area contributed by atoms with Gasteiger partial charge in [-0.3, -0.25) is 14.8 Å². The molecular formula is C15H12FN3O2. The van der Waals surface area contributed by atoms with E-state index in [-0.39, 0.29) is 17.9 Å². The fourth-order valence-electron chi connectivity index (χ4n) is 1.57. The number of aliphatic hydroxyl groups excluding tert-OH is 1. The second-order valence-corrected chi connectivity index (χ2v) is 4.01. The van der Waals surface area contributed by atoms with Crippen molar-refractivity contribution in [2.45, 2.75) is 6.42 Å². The molecular weight excluding hydrogens is 273 g/mol. The van der Waals surface area contributed by atoms with Crippen LogP contribution in [0.1, 0.15) is 22.3 Å². The van der Waals surface area contributed by atoms with Crippen molar-refractivity contribution in [3.05, 3.63) is 53.9 Å². The first-order valence-electron chi connectivity index (χ1n) is 6.17. The molecule has 6 heteroatoms. The first-order chi connectivity index (χ1) is 10.2. The quantitative estimate of drug-likeness (QED) is 0.840. The number of hydrogen-bond acceptors (Lipinski definition) is 4. The number of aliphatic hydroxyl groups is 1. The van der Waals surface area contributed by atoms with E-state index in [1.165, 1.54) is 30.7 Å². The van der Waals surface area contributed by atoms with E-state index in [1.54, 1.807) is 0 Å². The molecule has 0 saturated heterocycles. The van der Waals surface area contributed by atoms with Crippen LogP contribution in [-0.4, -0.2) is 27.6 Å². The highest BCUT2D eigenvalue weighted by Crippen LogP contribution is 2.14. The molecule has 0 aliphatic carbocycles. The second-order valence-electron chi connectivity index (χ2n) is 4.01. The third-order valence-electron chi connectivity index (χ3n) is 2.55. The zero-order valence-electron chi connectivity index (χ0n) is 11.0.